The molecule has 0 aromatic heterocycles. The Balaban J connectivity index is 1.17. The molecule has 5 fully saturated rings. The van der Waals surface area contributed by atoms with E-state index in [2.05, 4.69) is 40.1 Å². The van der Waals surface area contributed by atoms with Gasteiger partial charge in [-0.1, -0.05) is 30.3 Å². The van der Waals surface area contributed by atoms with Crippen LogP contribution in [0.15, 0.2) is 30.3 Å². The molecule has 2 unspecified atom stereocenters. The van der Waals surface area contributed by atoms with Crippen LogP contribution in [-0.2, 0) is 11.3 Å². The summed E-state index contributed by atoms with van der Waals surface area (Å²) < 4.78 is 0. The van der Waals surface area contributed by atoms with Crippen molar-refractivity contribution in [3.05, 3.63) is 35.9 Å². The van der Waals surface area contributed by atoms with E-state index in [1.807, 2.05) is 0 Å². The maximum absolute atomic E-state index is 13.1. The van der Waals surface area contributed by atoms with Gasteiger partial charge in [0.1, 0.15) is 0 Å². The van der Waals surface area contributed by atoms with Crippen molar-refractivity contribution in [1.82, 2.24) is 9.80 Å². The van der Waals surface area contributed by atoms with Gasteiger partial charge >= 0.3 is 0 Å². The van der Waals surface area contributed by atoms with Crippen molar-refractivity contribution in [1.29, 1.82) is 0 Å². The molecule has 1 N–H and O–H groups in total. The Morgan fingerprint density at radius 1 is 1.00 bits per heavy atom. The Labute approximate surface area is 162 Å². The van der Waals surface area contributed by atoms with E-state index in [1.165, 1.54) is 24.8 Å². The van der Waals surface area contributed by atoms with E-state index in [4.69, 9.17) is 0 Å². The third-order valence-corrected chi connectivity index (χ3v) is 7.65. The molecule has 4 saturated carbocycles. The van der Waals surface area contributed by atoms with Gasteiger partial charge in [0.15, 0.2) is 0 Å². The first-order valence-electron chi connectivity index (χ1n) is 10.8. The number of carbonyl (C=O) groups excluding carboxylic acids is 1. The second-order valence-electron chi connectivity index (χ2n) is 10.0. The third-order valence-electron chi connectivity index (χ3n) is 7.65. The molecule has 1 aromatic carbocycles. The molecule has 4 nitrogen and oxygen atoms in total. The van der Waals surface area contributed by atoms with Crippen LogP contribution in [0.5, 0.6) is 0 Å². The molecule has 6 rings (SSSR count). The summed E-state index contributed by atoms with van der Waals surface area (Å²) in [5.41, 5.74) is 0.981. The van der Waals surface area contributed by atoms with Crippen LogP contribution in [0.2, 0.25) is 0 Å². The monoisotopic (exact) mass is 368 g/mol. The molecule has 1 aromatic rings. The number of hydrogen-bond acceptors (Lipinski definition) is 3. The largest absolute Gasteiger partial charge is 0.390 e. The lowest BCUT2D eigenvalue weighted by Crippen LogP contribution is -2.57. The van der Waals surface area contributed by atoms with Gasteiger partial charge in [-0.2, -0.15) is 0 Å². The van der Waals surface area contributed by atoms with Crippen molar-refractivity contribution in [3.8, 4) is 0 Å². The SMILES string of the molecule is O=C(CC12C[C@@H]3C[C@@H](CC(O)(C3)C1)C2)N1CCN(Cc2ccccc2)CC1. The van der Waals surface area contributed by atoms with E-state index >= 15 is 0 Å². The van der Waals surface area contributed by atoms with Gasteiger partial charge in [-0.25, -0.2) is 0 Å². The summed E-state index contributed by atoms with van der Waals surface area (Å²) in [7, 11) is 0. The second kappa shape index (κ2) is 6.59. The zero-order chi connectivity index (χ0) is 18.5. The molecule has 0 spiro atoms. The third kappa shape index (κ3) is 3.54. The van der Waals surface area contributed by atoms with E-state index in [1.54, 1.807) is 0 Å². The zero-order valence-electron chi connectivity index (χ0n) is 16.3. The maximum Gasteiger partial charge on any atom is 0.223 e. The van der Waals surface area contributed by atoms with E-state index in [-0.39, 0.29) is 5.41 Å². The lowest BCUT2D eigenvalue weighted by Gasteiger charge is -2.60. The average molecular weight is 369 g/mol. The first kappa shape index (κ1) is 17.7. The second-order valence-corrected chi connectivity index (χ2v) is 10.0. The number of rotatable bonds is 4. The van der Waals surface area contributed by atoms with Crippen LogP contribution in [0.25, 0.3) is 0 Å². The summed E-state index contributed by atoms with van der Waals surface area (Å²) in [5, 5.41) is 10.9. The molecular weight excluding hydrogens is 336 g/mol. The number of carbonyl (C=O) groups is 1. The van der Waals surface area contributed by atoms with Crippen molar-refractivity contribution in [2.45, 2.75) is 57.1 Å². The average Bonchev–Trinajstić information content (AvgIpc) is 2.60. The van der Waals surface area contributed by atoms with Gasteiger partial charge in [-0.3, -0.25) is 9.69 Å². The van der Waals surface area contributed by atoms with Gasteiger partial charge in [-0.15, -0.1) is 0 Å². The standard InChI is InChI=1S/C23H32N2O2/c26-21(15-22-11-19-10-20(12-22)14-23(27,13-19)17-22)25-8-6-24(7-9-25)16-18-4-2-1-3-5-18/h1-5,19-20,27H,6-17H2/t19-,20+,22?,23?. The summed E-state index contributed by atoms with van der Waals surface area (Å²) in [5.74, 6) is 1.65. The Morgan fingerprint density at radius 2 is 1.67 bits per heavy atom. The number of aliphatic hydroxyl groups is 1. The predicted molar refractivity (Wildman–Crippen MR) is 105 cm³/mol. The lowest BCUT2D eigenvalue weighted by atomic mass is 9.47. The summed E-state index contributed by atoms with van der Waals surface area (Å²) in [6.07, 6.45) is 7.14. The van der Waals surface area contributed by atoms with E-state index in [9.17, 15) is 9.90 Å². The summed E-state index contributed by atoms with van der Waals surface area (Å²) in [4.78, 5) is 17.6. The minimum Gasteiger partial charge on any atom is -0.390 e. The molecule has 4 heteroatoms. The summed E-state index contributed by atoms with van der Waals surface area (Å²) in [6, 6.07) is 10.6. The Morgan fingerprint density at radius 3 is 2.30 bits per heavy atom. The van der Waals surface area contributed by atoms with Gasteiger partial charge in [0.2, 0.25) is 5.91 Å². The first-order chi connectivity index (χ1) is 13.0. The van der Waals surface area contributed by atoms with E-state index in [0.29, 0.717) is 24.2 Å². The topological polar surface area (TPSA) is 43.8 Å². The molecule has 5 aliphatic rings. The number of benzene rings is 1. The number of nitrogens with zero attached hydrogens (tertiary/aromatic N) is 2. The Hall–Kier alpha value is -1.39. The fourth-order valence-corrected chi connectivity index (χ4v) is 7.04. The Kier molecular flexibility index (Phi) is 4.32. The predicted octanol–water partition coefficient (Wildman–Crippen LogP) is 3.05. The quantitative estimate of drug-likeness (QED) is 0.888. The van der Waals surface area contributed by atoms with E-state index < -0.39 is 5.60 Å². The highest BCUT2D eigenvalue weighted by molar-refractivity contribution is 5.77. The van der Waals surface area contributed by atoms with Gasteiger partial charge in [0.25, 0.3) is 0 Å². The molecule has 1 amide bonds. The first-order valence-corrected chi connectivity index (χ1v) is 10.8. The minimum absolute atomic E-state index is 0.0943. The van der Waals surface area contributed by atoms with Crippen molar-refractivity contribution in [2.75, 3.05) is 26.2 Å². The molecular formula is C23H32N2O2. The molecule has 1 heterocycles. The smallest absolute Gasteiger partial charge is 0.223 e. The minimum atomic E-state index is -0.460. The molecule has 1 aliphatic heterocycles. The molecule has 27 heavy (non-hydrogen) atoms. The maximum atomic E-state index is 13.1. The van der Waals surface area contributed by atoms with Crippen molar-refractivity contribution in [3.63, 3.8) is 0 Å². The van der Waals surface area contributed by atoms with Gasteiger partial charge in [0, 0.05) is 39.1 Å². The fraction of sp³-hybridized carbons (Fsp3) is 0.696. The van der Waals surface area contributed by atoms with Crippen LogP contribution in [0.3, 0.4) is 0 Å². The molecule has 4 atom stereocenters. The van der Waals surface area contributed by atoms with Crippen LogP contribution in [0.1, 0.15) is 50.5 Å². The van der Waals surface area contributed by atoms with Crippen LogP contribution < -0.4 is 0 Å². The molecule has 146 valence electrons. The van der Waals surface area contributed by atoms with Gasteiger partial charge in [0.05, 0.1) is 5.60 Å². The zero-order valence-corrected chi connectivity index (χ0v) is 16.3. The van der Waals surface area contributed by atoms with Crippen molar-refractivity contribution < 1.29 is 9.90 Å². The highest BCUT2D eigenvalue weighted by Crippen LogP contribution is 2.62. The molecule has 4 bridgehead atoms. The van der Waals surface area contributed by atoms with E-state index in [0.717, 1.165) is 52.0 Å². The number of amides is 1. The van der Waals surface area contributed by atoms with Crippen LogP contribution in [0, 0.1) is 17.3 Å². The summed E-state index contributed by atoms with van der Waals surface area (Å²) >= 11 is 0. The van der Waals surface area contributed by atoms with Crippen LogP contribution in [0.4, 0.5) is 0 Å². The van der Waals surface area contributed by atoms with Gasteiger partial charge < -0.3 is 10.0 Å². The normalized spacial score (nSPS) is 38.3. The van der Waals surface area contributed by atoms with Crippen LogP contribution >= 0.6 is 0 Å². The molecule has 1 saturated heterocycles. The van der Waals surface area contributed by atoms with Crippen molar-refractivity contribution >= 4 is 5.91 Å². The molecule has 0 radical (unpaired) electrons. The highest BCUT2D eigenvalue weighted by atomic mass is 16.3. The van der Waals surface area contributed by atoms with Gasteiger partial charge in [-0.05, 0) is 61.3 Å². The summed E-state index contributed by atoms with van der Waals surface area (Å²) in [6.45, 7) is 4.59. The molecule has 4 aliphatic carbocycles. The van der Waals surface area contributed by atoms with Crippen LogP contribution in [-0.4, -0.2) is 52.6 Å². The van der Waals surface area contributed by atoms with Crippen molar-refractivity contribution in [2.24, 2.45) is 17.3 Å². The number of hydrogen-bond donors (Lipinski definition) is 1. The highest BCUT2D eigenvalue weighted by Gasteiger charge is 2.57. The lowest BCUT2D eigenvalue weighted by molar-refractivity contribution is -0.172. The fourth-order valence-electron chi connectivity index (χ4n) is 7.04. The number of piperazine rings is 1. The Bertz CT molecular complexity index is 682.